The van der Waals surface area contributed by atoms with Crippen LogP contribution in [0.3, 0.4) is 0 Å². The Balaban J connectivity index is 1.59. The number of fused-ring (bicyclic) bond motifs is 1. The number of aryl methyl sites for hydroxylation is 1. The summed E-state index contributed by atoms with van der Waals surface area (Å²) in [6.07, 6.45) is 5.24. The number of nitrogens with two attached hydrogens (primary N) is 1. The highest BCUT2D eigenvalue weighted by Crippen LogP contribution is 2.33. The van der Waals surface area contributed by atoms with Crippen LogP contribution < -0.4 is 10.6 Å². The molecule has 2 aliphatic heterocycles. The lowest BCUT2D eigenvalue weighted by Gasteiger charge is -2.29. The minimum absolute atomic E-state index is 0.0682. The molecule has 0 radical (unpaired) electrons. The van der Waals surface area contributed by atoms with E-state index in [0.29, 0.717) is 31.3 Å². The molecule has 2 aliphatic rings. The number of ether oxygens (including phenoxy) is 1. The van der Waals surface area contributed by atoms with E-state index >= 15 is 0 Å². The van der Waals surface area contributed by atoms with Gasteiger partial charge < -0.3 is 15.4 Å². The predicted octanol–water partition coefficient (Wildman–Crippen LogP) is 3.63. The number of nitrogens with zero attached hydrogens (tertiary/aromatic N) is 4. The molecule has 0 atom stereocenters. The molecule has 3 heterocycles. The summed E-state index contributed by atoms with van der Waals surface area (Å²) < 4.78 is 5.47. The molecule has 1 fully saturated rings. The van der Waals surface area contributed by atoms with E-state index in [0.717, 1.165) is 46.4 Å². The number of pyridine rings is 1. The molecule has 3 aromatic rings. The standard InChI is InChI=1S/C25H25N5O2/c1-17-4-2-5-20(25(31)30-9-3-8-27-16-30)23(17)18-6-7-21-19(14-18)15-22(24(26)28-21)29-10-12-32-13-11-29/h2-9,14-15H,10-13,16H2,1H3,(H2,26,28). The van der Waals surface area contributed by atoms with Gasteiger partial charge in [0, 0.05) is 36.5 Å². The highest BCUT2D eigenvalue weighted by Gasteiger charge is 2.21. The summed E-state index contributed by atoms with van der Waals surface area (Å²) in [7, 11) is 0. The number of hydrogen-bond acceptors (Lipinski definition) is 6. The molecule has 7 heteroatoms. The molecular formula is C25H25N5O2. The lowest BCUT2D eigenvalue weighted by atomic mass is 9.93. The maximum Gasteiger partial charge on any atom is 0.259 e. The van der Waals surface area contributed by atoms with Crippen molar-refractivity contribution in [2.45, 2.75) is 6.92 Å². The van der Waals surface area contributed by atoms with E-state index < -0.39 is 0 Å². The van der Waals surface area contributed by atoms with E-state index in [-0.39, 0.29) is 5.91 Å². The zero-order chi connectivity index (χ0) is 22.1. The first-order valence-corrected chi connectivity index (χ1v) is 10.7. The molecule has 1 amide bonds. The summed E-state index contributed by atoms with van der Waals surface area (Å²) in [4.78, 5) is 25.9. The second-order valence-electron chi connectivity index (χ2n) is 7.99. The van der Waals surface area contributed by atoms with Crippen LogP contribution in [0, 0.1) is 6.92 Å². The zero-order valence-electron chi connectivity index (χ0n) is 18.0. The number of amides is 1. The van der Waals surface area contributed by atoms with E-state index in [1.54, 1.807) is 23.4 Å². The van der Waals surface area contributed by atoms with E-state index in [9.17, 15) is 4.79 Å². The number of hydrogen-bond donors (Lipinski definition) is 1. The summed E-state index contributed by atoms with van der Waals surface area (Å²) in [6, 6.07) is 14.0. The van der Waals surface area contributed by atoms with Crippen molar-refractivity contribution in [2.24, 2.45) is 4.99 Å². The van der Waals surface area contributed by atoms with Crippen LogP contribution in [-0.4, -0.2) is 55.0 Å². The second-order valence-corrected chi connectivity index (χ2v) is 7.99. The van der Waals surface area contributed by atoms with Crippen molar-refractivity contribution in [1.82, 2.24) is 9.88 Å². The lowest BCUT2D eigenvalue weighted by Crippen LogP contribution is -2.36. The molecule has 2 aromatic carbocycles. The number of aliphatic imine (C=N–C) groups is 1. The largest absolute Gasteiger partial charge is 0.382 e. The summed E-state index contributed by atoms with van der Waals surface area (Å²) >= 11 is 0. The third-order valence-electron chi connectivity index (χ3n) is 5.92. The molecule has 0 aliphatic carbocycles. The fraction of sp³-hybridized carbons (Fsp3) is 0.240. The first kappa shape index (κ1) is 20.2. The Hall–Kier alpha value is -3.71. The minimum Gasteiger partial charge on any atom is -0.382 e. The summed E-state index contributed by atoms with van der Waals surface area (Å²) in [5.74, 6) is 0.456. The van der Waals surface area contributed by atoms with Crippen LogP contribution in [0.1, 0.15) is 15.9 Å². The first-order chi connectivity index (χ1) is 15.6. The normalized spacial score (nSPS) is 16.0. The Morgan fingerprint density at radius 1 is 1.12 bits per heavy atom. The molecule has 0 unspecified atom stereocenters. The molecular weight excluding hydrogens is 402 g/mol. The van der Waals surface area contributed by atoms with E-state index in [2.05, 4.69) is 27.0 Å². The van der Waals surface area contributed by atoms with Gasteiger partial charge >= 0.3 is 0 Å². The average molecular weight is 428 g/mol. The van der Waals surface area contributed by atoms with E-state index in [1.165, 1.54) is 0 Å². The summed E-state index contributed by atoms with van der Waals surface area (Å²) in [5.41, 5.74) is 11.6. The highest BCUT2D eigenvalue weighted by atomic mass is 16.5. The molecule has 5 rings (SSSR count). The first-order valence-electron chi connectivity index (χ1n) is 10.7. The molecule has 1 saturated heterocycles. The highest BCUT2D eigenvalue weighted by molar-refractivity contribution is 6.03. The fourth-order valence-electron chi connectivity index (χ4n) is 4.29. The van der Waals surface area contributed by atoms with Crippen molar-refractivity contribution in [1.29, 1.82) is 0 Å². The number of benzene rings is 2. The number of anilines is 2. The van der Waals surface area contributed by atoms with Crippen molar-refractivity contribution in [3.8, 4) is 11.1 Å². The number of allylic oxidation sites excluding steroid dienone is 1. The number of rotatable bonds is 3. The molecule has 162 valence electrons. The van der Waals surface area contributed by atoms with Gasteiger partial charge in [-0.25, -0.2) is 4.98 Å². The Bertz CT molecular complexity index is 1240. The molecule has 1 aromatic heterocycles. The van der Waals surface area contributed by atoms with Gasteiger partial charge in [-0.15, -0.1) is 0 Å². The van der Waals surface area contributed by atoms with Crippen molar-refractivity contribution >= 4 is 34.5 Å². The van der Waals surface area contributed by atoms with Crippen LogP contribution in [0.2, 0.25) is 0 Å². The molecule has 0 bridgehead atoms. The maximum atomic E-state index is 13.3. The van der Waals surface area contributed by atoms with Crippen LogP contribution in [0.5, 0.6) is 0 Å². The minimum atomic E-state index is -0.0682. The smallest absolute Gasteiger partial charge is 0.259 e. The van der Waals surface area contributed by atoms with Gasteiger partial charge in [-0.05, 0) is 54.0 Å². The monoisotopic (exact) mass is 427 g/mol. The SMILES string of the molecule is Cc1cccc(C(=O)N2C=CC=NC2)c1-c1ccc2nc(N)c(N3CCOCC3)cc2c1. The third kappa shape index (κ3) is 3.71. The number of nitrogen functional groups attached to an aromatic ring is 1. The Morgan fingerprint density at radius 3 is 2.75 bits per heavy atom. The number of aromatic nitrogens is 1. The summed E-state index contributed by atoms with van der Waals surface area (Å²) in [5, 5.41) is 0.988. The van der Waals surface area contributed by atoms with Crippen LogP contribution in [-0.2, 0) is 4.74 Å². The van der Waals surface area contributed by atoms with Gasteiger partial charge in [0.15, 0.2) is 0 Å². The molecule has 7 nitrogen and oxygen atoms in total. The van der Waals surface area contributed by atoms with Crippen molar-refractivity contribution in [3.63, 3.8) is 0 Å². The Morgan fingerprint density at radius 2 is 1.97 bits per heavy atom. The van der Waals surface area contributed by atoms with Crippen LogP contribution in [0.15, 0.2) is 59.7 Å². The zero-order valence-corrected chi connectivity index (χ0v) is 18.0. The average Bonchev–Trinajstić information content (AvgIpc) is 2.84. The number of morpholine rings is 1. The van der Waals surface area contributed by atoms with E-state index in [4.69, 9.17) is 10.5 Å². The van der Waals surface area contributed by atoms with Gasteiger partial charge in [0.1, 0.15) is 12.5 Å². The van der Waals surface area contributed by atoms with Gasteiger partial charge in [0.05, 0.1) is 24.4 Å². The second kappa shape index (κ2) is 8.43. The van der Waals surface area contributed by atoms with Crippen LogP contribution in [0.4, 0.5) is 11.5 Å². The third-order valence-corrected chi connectivity index (χ3v) is 5.92. The van der Waals surface area contributed by atoms with Crippen LogP contribution >= 0.6 is 0 Å². The van der Waals surface area contributed by atoms with E-state index in [1.807, 2.05) is 37.3 Å². The van der Waals surface area contributed by atoms with Crippen molar-refractivity contribution < 1.29 is 9.53 Å². The molecule has 32 heavy (non-hydrogen) atoms. The molecule has 0 saturated carbocycles. The predicted molar refractivity (Wildman–Crippen MR) is 128 cm³/mol. The number of carbonyl (C=O) groups is 1. The summed E-state index contributed by atoms with van der Waals surface area (Å²) in [6.45, 7) is 5.30. The van der Waals surface area contributed by atoms with Gasteiger partial charge in [-0.2, -0.15) is 0 Å². The Kier molecular flexibility index (Phi) is 5.33. The Labute approximate surface area is 186 Å². The van der Waals surface area contributed by atoms with Gasteiger partial charge in [0.25, 0.3) is 5.91 Å². The van der Waals surface area contributed by atoms with Crippen LogP contribution in [0.25, 0.3) is 22.0 Å². The van der Waals surface area contributed by atoms with Gasteiger partial charge in [-0.3, -0.25) is 14.7 Å². The van der Waals surface area contributed by atoms with Gasteiger partial charge in [0.2, 0.25) is 0 Å². The fourth-order valence-corrected chi connectivity index (χ4v) is 4.29. The maximum absolute atomic E-state index is 13.3. The topological polar surface area (TPSA) is 84.0 Å². The lowest BCUT2D eigenvalue weighted by molar-refractivity contribution is 0.0825. The quantitative estimate of drug-likeness (QED) is 0.690. The van der Waals surface area contributed by atoms with Crippen molar-refractivity contribution in [3.05, 3.63) is 65.9 Å². The van der Waals surface area contributed by atoms with Gasteiger partial charge in [-0.1, -0.05) is 18.2 Å². The van der Waals surface area contributed by atoms with Crippen molar-refractivity contribution in [2.75, 3.05) is 43.6 Å². The molecule has 0 spiro atoms. The number of carbonyl (C=O) groups excluding carboxylic acids is 1. The molecule has 2 N–H and O–H groups in total.